The van der Waals surface area contributed by atoms with Gasteiger partial charge in [0.25, 0.3) is 0 Å². The Labute approximate surface area is 150 Å². The van der Waals surface area contributed by atoms with E-state index in [4.69, 9.17) is 0 Å². The van der Waals surface area contributed by atoms with Crippen LogP contribution in [0.5, 0.6) is 0 Å². The van der Waals surface area contributed by atoms with Crippen LogP contribution in [0.1, 0.15) is 31.2 Å². The van der Waals surface area contributed by atoms with Crippen molar-refractivity contribution in [3.8, 4) is 0 Å². The summed E-state index contributed by atoms with van der Waals surface area (Å²) in [6, 6.07) is 19.1. The third-order valence-electron chi connectivity index (χ3n) is 4.87. The highest BCUT2D eigenvalue weighted by Crippen LogP contribution is 2.39. The smallest absolute Gasteiger partial charge is 0.187 e. The fraction of sp³-hybridized carbons (Fsp3) is 0.333. The van der Waals surface area contributed by atoms with E-state index in [0.717, 1.165) is 25.9 Å². The molecule has 0 aliphatic heterocycles. The molecule has 1 unspecified atom stereocenters. The first-order chi connectivity index (χ1) is 12.1. The second kappa shape index (κ2) is 7.98. The molecule has 0 heterocycles. The molecule has 0 amide bonds. The average molecular weight is 356 g/mol. The standard InChI is InChI=1S/C21H25NO2S/c23-25(24,20-12-5-2-6-13-20)21(14-7-8-15-21)16-9-17-22-18-19-10-3-1-4-11-19/h1-7,10-14,22H,8-9,15-18H2. The molecule has 3 nitrogen and oxygen atoms in total. The fourth-order valence-corrected chi connectivity index (χ4v) is 5.51. The van der Waals surface area contributed by atoms with Gasteiger partial charge < -0.3 is 5.32 Å². The summed E-state index contributed by atoms with van der Waals surface area (Å²) in [4.78, 5) is 0.429. The Morgan fingerprint density at radius 2 is 1.64 bits per heavy atom. The first-order valence-corrected chi connectivity index (χ1v) is 10.3. The molecule has 0 bridgehead atoms. The van der Waals surface area contributed by atoms with Crippen LogP contribution in [0.15, 0.2) is 77.7 Å². The number of sulfone groups is 1. The minimum Gasteiger partial charge on any atom is -0.313 e. The van der Waals surface area contributed by atoms with Crippen LogP contribution in [0.3, 0.4) is 0 Å². The molecule has 0 saturated heterocycles. The zero-order valence-corrected chi connectivity index (χ0v) is 15.2. The Morgan fingerprint density at radius 3 is 2.28 bits per heavy atom. The van der Waals surface area contributed by atoms with Gasteiger partial charge in [-0.1, -0.05) is 60.7 Å². The molecule has 0 radical (unpaired) electrons. The lowest BCUT2D eigenvalue weighted by atomic mass is 10.0. The summed E-state index contributed by atoms with van der Waals surface area (Å²) in [6.45, 7) is 1.63. The van der Waals surface area contributed by atoms with Crippen molar-refractivity contribution in [2.45, 2.75) is 41.9 Å². The number of allylic oxidation sites excluding steroid dienone is 1. The van der Waals surface area contributed by atoms with E-state index in [0.29, 0.717) is 17.7 Å². The summed E-state index contributed by atoms with van der Waals surface area (Å²) in [7, 11) is -3.35. The summed E-state index contributed by atoms with van der Waals surface area (Å²) in [6.07, 6.45) is 6.95. The topological polar surface area (TPSA) is 46.2 Å². The van der Waals surface area contributed by atoms with E-state index < -0.39 is 14.6 Å². The van der Waals surface area contributed by atoms with Gasteiger partial charge in [-0.2, -0.15) is 0 Å². The molecule has 3 rings (SSSR count). The van der Waals surface area contributed by atoms with Crippen LogP contribution in [0.2, 0.25) is 0 Å². The highest BCUT2D eigenvalue weighted by Gasteiger charge is 2.43. The van der Waals surface area contributed by atoms with Crippen LogP contribution < -0.4 is 5.32 Å². The zero-order valence-electron chi connectivity index (χ0n) is 14.4. The van der Waals surface area contributed by atoms with Crippen LogP contribution in [-0.2, 0) is 16.4 Å². The first kappa shape index (κ1) is 17.9. The third-order valence-corrected chi connectivity index (χ3v) is 7.38. The van der Waals surface area contributed by atoms with Crippen molar-refractivity contribution in [3.63, 3.8) is 0 Å². The van der Waals surface area contributed by atoms with Crippen molar-refractivity contribution in [3.05, 3.63) is 78.4 Å². The van der Waals surface area contributed by atoms with E-state index in [1.165, 1.54) is 5.56 Å². The molecule has 25 heavy (non-hydrogen) atoms. The van der Waals surface area contributed by atoms with Gasteiger partial charge in [-0.3, -0.25) is 0 Å². The molecule has 1 atom stereocenters. The first-order valence-electron chi connectivity index (χ1n) is 8.86. The molecule has 0 spiro atoms. The molecule has 0 fully saturated rings. The molecule has 0 aromatic heterocycles. The SMILES string of the molecule is O=S(=O)(c1ccccc1)C1(CCCNCc2ccccc2)C=CCC1. The molecule has 1 aliphatic rings. The molecule has 1 aliphatic carbocycles. The highest BCUT2D eigenvalue weighted by atomic mass is 32.2. The van der Waals surface area contributed by atoms with Crippen LogP contribution in [0.4, 0.5) is 0 Å². The number of benzene rings is 2. The van der Waals surface area contributed by atoms with E-state index in [9.17, 15) is 8.42 Å². The van der Waals surface area contributed by atoms with Crippen LogP contribution in [-0.4, -0.2) is 19.7 Å². The number of rotatable bonds is 8. The Hall–Kier alpha value is -1.91. The van der Waals surface area contributed by atoms with Crippen molar-refractivity contribution in [1.29, 1.82) is 0 Å². The number of hydrogen-bond donors (Lipinski definition) is 1. The number of nitrogens with one attached hydrogen (secondary N) is 1. The molecule has 0 saturated carbocycles. The van der Waals surface area contributed by atoms with E-state index >= 15 is 0 Å². The highest BCUT2D eigenvalue weighted by molar-refractivity contribution is 7.93. The van der Waals surface area contributed by atoms with Gasteiger partial charge in [0, 0.05) is 6.54 Å². The summed E-state index contributed by atoms with van der Waals surface area (Å²) in [5.74, 6) is 0. The van der Waals surface area contributed by atoms with Gasteiger partial charge in [0.05, 0.1) is 9.64 Å². The van der Waals surface area contributed by atoms with E-state index in [1.807, 2.05) is 36.4 Å². The lowest BCUT2D eigenvalue weighted by Crippen LogP contribution is -2.35. The van der Waals surface area contributed by atoms with E-state index in [2.05, 4.69) is 17.4 Å². The Bertz CT molecular complexity index is 800. The fourth-order valence-electron chi connectivity index (χ4n) is 3.45. The predicted octanol–water partition coefficient (Wildman–Crippen LogP) is 4.12. The Morgan fingerprint density at radius 1 is 0.960 bits per heavy atom. The second-order valence-electron chi connectivity index (χ2n) is 6.59. The predicted molar refractivity (Wildman–Crippen MR) is 102 cm³/mol. The second-order valence-corrected chi connectivity index (χ2v) is 8.88. The van der Waals surface area contributed by atoms with Crippen LogP contribution in [0.25, 0.3) is 0 Å². The summed E-state index contributed by atoms with van der Waals surface area (Å²) >= 11 is 0. The average Bonchev–Trinajstić information content (AvgIpc) is 3.14. The van der Waals surface area contributed by atoms with Crippen molar-refractivity contribution in [2.75, 3.05) is 6.54 Å². The van der Waals surface area contributed by atoms with Crippen molar-refractivity contribution < 1.29 is 8.42 Å². The molecular formula is C21H25NO2S. The van der Waals surface area contributed by atoms with Crippen LogP contribution >= 0.6 is 0 Å². The van der Waals surface area contributed by atoms with E-state index in [-0.39, 0.29) is 0 Å². The van der Waals surface area contributed by atoms with Gasteiger partial charge >= 0.3 is 0 Å². The molecule has 2 aromatic carbocycles. The van der Waals surface area contributed by atoms with Gasteiger partial charge in [-0.05, 0) is 49.9 Å². The van der Waals surface area contributed by atoms with E-state index in [1.54, 1.807) is 24.3 Å². The van der Waals surface area contributed by atoms with Gasteiger partial charge in [-0.15, -0.1) is 0 Å². The van der Waals surface area contributed by atoms with Gasteiger partial charge in [0.1, 0.15) is 0 Å². The molecule has 4 heteroatoms. The largest absolute Gasteiger partial charge is 0.313 e. The third kappa shape index (κ3) is 4.02. The minimum atomic E-state index is -3.35. The van der Waals surface area contributed by atoms with Crippen LogP contribution in [0, 0.1) is 0 Å². The number of hydrogen-bond acceptors (Lipinski definition) is 3. The Kier molecular flexibility index (Phi) is 5.71. The lowest BCUT2D eigenvalue weighted by molar-refractivity contribution is 0.503. The summed E-state index contributed by atoms with van der Waals surface area (Å²) in [5, 5.41) is 3.42. The molecule has 2 aromatic rings. The monoisotopic (exact) mass is 355 g/mol. The lowest BCUT2D eigenvalue weighted by Gasteiger charge is -2.27. The molecule has 132 valence electrons. The molecule has 1 N–H and O–H groups in total. The van der Waals surface area contributed by atoms with Gasteiger partial charge in [0.2, 0.25) is 0 Å². The quantitative estimate of drug-likeness (QED) is 0.572. The maximum Gasteiger partial charge on any atom is 0.187 e. The minimum absolute atomic E-state index is 0.429. The summed E-state index contributed by atoms with van der Waals surface area (Å²) < 4.78 is 25.6. The normalized spacial score (nSPS) is 20.0. The Balaban J connectivity index is 1.61. The molecular weight excluding hydrogens is 330 g/mol. The van der Waals surface area contributed by atoms with Crippen molar-refractivity contribution in [2.24, 2.45) is 0 Å². The van der Waals surface area contributed by atoms with Crippen molar-refractivity contribution in [1.82, 2.24) is 5.32 Å². The summed E-state index contributed by atoms with van der Waals surface area (Å²) in [5.41, 5.74) is 1.25. The van der Waals surface area contributed by atoms with Gasteiger partial charge in [-0.25, -0.2) is 8.42 Å². The van der Waals surface area contributed by atoms with Crippen molar-refractivity contribution >= 4 is 9.84 Å². The maximum atomic E-state index is 13.2. The van der Waals surface area contributed by atoms with Gasteiger partial charge in [0.15, 0.2) is 9.84 Å². The zero-order chi connectivity index (χ0) is 17.6. The maximum absolute atomic E-state index is 13.2.